The molecule has 0 atom stereocenters. The highest BCUT2D eigenvalue weighted by molar-refractivity contribution is 5.89. The molecule has 1 aromatic carbocycles. The van der Waals surface area contributed by atoms with Crippen LogP contribution in [0.15, 0.2) is 30.5 Å². The number of nitrogens with one attached hydrogen (secondary N) is 1. The van der Waals surface area contributed by atoms with Crippen LogP contribution in [0.4, 0.5) is 5.69 Å². The van der Waals surface area contributed by atoms with Gasteiger partial charge < -0.3 is 15.0 Å². The number of aliphatic carboxylic acids is 1. The second-order valence-electron chi connectivity index (χ2n) is 4.65. The molecule has 0 radical (unpaired) electrons. The highest BCUT2D eigenvalue weighted by atomic mass is 16.4. The number of carboxylic acid groups (broad SMARTS) is 1. The SMILES string of the molecule is CCn1c(CC(=O)O)cnc1-c1cccc(NC(C)=O)c1. The number of carbonyl (C=O) groups is 2. The molecule has 0 fully saturated rings. The van der Waals surface area contributed by atoms with E-state index in [4.69, 9.17) is 5.11 Å². The van der Waals surface area contributed by atoms with Crippen LogP contribution < -0.4 is 5.32 Å². The van der Waals surface area contributed by atoms with Crippen LogP contribution in [-0.2, 0) is 22.6 Å². The van der Waals surface area contributed by atoms with E-state index in [-0.39, 0.29) is 12.3 Å². The largest absolute Gasteiger partial charge is 0.481 e. The minimum Gasteiger partial charge on any atom is -0.481 e. The summed E-state index contributed by atoms with van der Waals surface area (Å²) in [6.45, 7) is 4.02. The van der Waals surface area contributed by atoms with Crippen LogP contribution in [0.25, 0.3) is 11.4 Å². The Balaban J connectivity index is 2.39. The normalized spacial score (nSPS) is 10.4. The molecule has 110 valence electrons. The monoisotopic (exact) mass is 287 g/mol. The van der Waals surface area contributed by atoms with Crippen molar-refractivity contribution < 1.29 is 14.7 Å². The number of imidazole rings is 1. The summed E-state index contributed by atoms with van der Waals surface area (Å²) in [6.07, 6.45) is 1.52. The number of nitrogens with zero attached hydrogens (tertiary/aromatic N) is 2. The van der Waals surface area contributed by atoms with Crippen molar-refractivity contribution in [3.63, 3.8) is 0 Å². The molecule has 6 heteroatoms. The number of anilines is 1. The number of carbonyl (C=O) groups excluding carboxylic acids is 1. The third kappa shape index (κ3) is 3.47. The average molecular weight is 287 g/mol. The van der Waals surface area contributed by atoms with Gasteiger partial charge in [0.15, 0.2) is 0 Å². The van der Waals surface area contributed by atoms with Gasteiger partial charge in [-0.25, -0.2) is 4.98 Å². The summed E-state index contributed by atoms with van der Waals surface area (Å²) in [4.78, 5) is 26.3. The Kier molecular flexibility index (Phi) is 4.37. The van der Waals surface area contributed by atoms with Crippen LogP contribution in [0.5, 0.6) is 0 Å². The fourth-order valence-corrected chi connectivity index (χ4v) is 2.23. The van der Waals surface area contributed by atoms with Crippen LogP contribution in [-0.4, -0.2) is 26.5 Å². The lowest BCUT2D eigenvalue weighted by Crippen LogP contribution is -2.08. The van der Waals surface area contributed by atoms with Crippen molar-refractivity contribution in [1.29, 1.82) is 0 Å². The van der Waals surface area contributed by atoms with E-state index < -0.39 is 5.97 Å². The Morgan fingerprint density at radius 3 is 2.76 bits per heavy atom. The maximum atomic E-state index is 11.1. The van der Waals surface area contributed by atoms with Gasteiger partial charge in [-0.2, -0.15) is 0 Å². The number of hydrogen-bond acceptors (Lipinski definition) is 3. The summed E-state index contributed by atoms with van der Waals surface area (Å²) in [6, 6.07) is 7.32. The van der Waals surface area contributed by atoms with E-state index in [9.17, 15) is 9.59 Å². The Hall–Kier alpha value is -2.63. The number of benzene rings is 1. The third-order valence-electron chi connectivity index (χ3n) is 3.03. The molecule has 0 saturated carbocycles. The van der Waals surface area contributed by atoms with Gasteiger partial charge >= 0.3 is 5.97 Å². The maximum absolute atomic E-state index is 11.1. The molecular weight excluding hydrogens is 270 g/mol. The van der Waals surface area contributed by atoms with E-state index >= 15 is 0 Å². The molecule has 2 rings (SSSR count). The van der Waals surface area contributed by atoms with E-state index in [0.717, 1.165) is 5.56 Å². The van der Waals surface area contributed by atoms with E-state index in [2.05, 4.69) is 10.3 Å². The lowest BCUT2D eigenvalue weighted by Gasteiger charge is -2.10. The molecule has 0 aliphatic carbocycles. The van der Waals surface area contributed by atoms with Crippen molar-refractivity contribution in [2.24, 2.45) is 0 Å². The van der Waals surface area contributed by atoms with Crippen molar-refractivity contribution in [2.45, 2.75) is 26.8 Å². The van der Waals surface area contributed by atoms with Crippen molar-refractivity contribution >= 4 is 17.6 Å². The average Bonchev–Trinajstić information content (AvgIpc) is 2.80. The Bertz CT molecular complexity index is 677. The van der Waals surface area contributed by atoms with E-state index in [0.29, 0.717) is 23.8 Å². The van der Waals surface area contributed by atoms with Gasteiger partial charge in [-0.05, 0) is 19.1 Å². The van der Waals surface area contributed by atoms with E-state index in [1.165, 1.54) is 6.92 Å². The van der Waals surface area contributed by atoms with Crippen molar-refractivity contribution in [1.82, 2.24) is 9.55 Å². The van der Waals surface area contributed by atoms with E-state index in [1.54, 1.807) is 12.3 Å². The molecule has 0 aliphatic rings. The molecule has 0 unspecified atom stereocenters. The molecule has 21 heavy (non-hydrogen) atoms. The highest BCUT2D eigenvalue weighted by Gasteiger charge is 2.13. The van der Waals surface area contributed by atoms with Crippen molar-refractivity contribution in [2.75, 3.05) is 5.32 Å². The standard InChI is InChI=1S/C15H17N3O3/c1-3-18-13(8-14(20)21)9-16-15(18)11-5-4-6-12(7-11)17-10(2)19/h4-7,9H,3,8H2,1-2H3,(H,17,19)(H,20,21). The smallest absolute Gasteiger partial charge is 0.309 e. The lowest BCUT2D eigenvalue weighted by molar-refractivity contribution is -0.136. The molecule has 0 spiro atoms. The molecule has 1 amide bonds. The number of amides is 1. The van der Waals surface area contributed by atoms with E-state index in [1.807, 2.05) is 29.7 Å². The molecular formula is C15H17N3O3. The van der Waals surface area contributed by atoms with Gasteiger partial charge in [0.1, 0.15) is 5.82 Å². The summed E-state index contributed by atoms with van der Waals surface area (Å²) in [7, 11) is 0. The number of aromatic nitrogens is 2. The minimum absolute atomic E-state index is 0.0633. The summed E-state index contributed by atoms with van der Waals surface area (Å²) >= 11 is 0. The van der Waals surface area contributed by atoms with Crippen LogP contribution in [0, 0.1) is 0 Å². The summed E-state index contributed by atoms with van der Waals surface area (Å²) < 4.78 is 1.86. The summed E-state index contributed by atoms with van der Waals surface area (Å²) in [5, 5.41) is 11.6. The van der Waals surface area contributed by atoms with Gasteiger partial charge in [0.05, 0.1) is 6.42 Å². The fourth-order valence-electron chi connectivity index (χ4n) is 2.23. The van der Waals surface area contributed by atoms with Crippen LogP contribution in [0.1, 0.15) is 19.5 Å². The molecule has 1 aromatic heterocycles. The molecule has 6 nitrogen and oxygen atoms in total. The van der Waals surface area contributed by atoms with Gasteiger partial charge in [-0.3, -0.25) is 9.59 Å². The van der Waals surface area contributed by atoms with Gasteiger partial charge in [-0.1, -0.05) is 12.1 Å². The Labute approximate surface area is 122 Å². The first-order chi connectivity index (χ1) is 10.0. The Morgan fingerprint density at radius 2 is 2.14 bits per heavy atom. The second-order valence-corrected chi connectivity index (χ2v) is 4.65. The molecule has 0 saturated heterocycles. The molecule has 0 aliphatic heterocycles. The number of rotatable bonds is 5. The first-order valence-electron chi connectivity index (χ1n) is 6.65. The minimum atomic E-state index is -0.886. The summed E-state index contributed by atoms with van der Waals surface area (Å²) in [5.41, 5.74) is 2.18. The van der Waals surface area contributed by atoms with Crippen LogP contribution in [0.3, 0.4) is 0 Å². The van der Waals surface area contributed by atoms with Crippen molar-refractivity contribution in [3.05, 3.63) is 36.2 Å². The predicted molar refractivity (Wildman–Crippen MR) is 79.0 cm³/mol. The second kappa shape index (κ2) is 6.21. The quantitative estimate of drug-likeness (QED) is 0.882. The molecule has 1 heterocycles. The van der Waals surface area contributed by atoms with Crippen LogP contribution in [0.2, 0.25) is 0 Å². The topological polar surface area (TPSA) is 84.2 Å². The highest BCUT2D eigenvalue weighted by Crippen LogP contribution is 2.23. The third-order valence-corrected chi connectivity index (χ3v) is 3.03. The van der Waals surface area contributed by atoms with Crippen LogP contribution >= 0.6 is 0 Å². The van der Waals surface area contributed by atoms with Crippen molar-refractivity contribution in [3.8, 4) is 11.4 Å². The number of carboxylic acids is 1. The fraction of sp³-hybridized carbons (Fsp3) is 0.267. The van der Waals surface area contributed by atoms with Gasteiger partial charge in [0, 0.05) is 36.6 Å². The zero-order valence-corrected chi connectivity index (χ0v) is 12.0. The zero-order valence-electron chi connectivity index (χ0n) is 12.0. The molecule has 2 N–H and O–H groups in total. The molecule has 0 bridgehead atoms. The Morgan fingerprint density at radius 1 is 1.38 bits per heavy atom. The first kappa shape index (κ1) is 14.8. The first-order valence-corrected chi connectivity index (χ1v) is 6.65. The van der Waals surface area contributed by atoms with Gasteiger partial charge in [0.2, 0.25) is 5.91 Å². The maximum Gasteiger partial charge on any atom is 0.309 e. The summed E-state index contributed by atoms with van der Waals surface area (Å²) in [5.74, 6) is -0.332. The number of hydrogen-bond donors (Lipinski definition) is 2. The zero-order chi connectivity index (χ0) is 15.4. The van der Waals surface area contributed by atoms with Gasteiger partial charge in [0.25, 0.3) is 0 Å². The van der Waals surface area contributed by atoms with Gasteiger partial charge in [-0.15, -0.1) is 0 Å². The molecule has 2 aromatic rings. The predicted octanol–water partition coefficient (Wildman–Crippen LogP) is 2.16. The lowest BCUT2D eigenvalue weighted by atomic mass is 10.2.